The number of nitrogens with zero attached hydrogens (tertiary/aromatic N) is 4. The summed E-state index contributed by atoms with van der Waals surface area (Å²) >= 11 is 0. The summed E-state index contributed by atoms with van der Waals surface area (Å²) in [6.07, 6.45) is 7.70. The Balaban J connectivity index is 1.60. The maximum atomic E-state index is 12.9. The molecule has 7 heteroatoms. The number of carbonyl (C=O) groups excluding carboxylic acids is 1. The number of aromatic nitrogens is 4. The van der Waals surface area contributed by atoms with E-state index in [0.717, 1.165) is 24.7 Å². The summed E-state index contributed by atoms with van der Waals surface area (Å²) in [6.45, 7) is 2.20. The lowest BCUT2D eigenvalue weighted by Gasteiger charge is -2.35. The van der Waals surface area contributed by atoms with Gasteiger partial charge in [-0.25, -0.2) is 9.97 Å². The van der Waals surface area contributed by atoms with Gasteiger partial charge in [-0.15, -0.1) is 0 Å². The number of imidazole rings is 2. The number of hydrogen-bond donors (Lipinski definition) is 2. The Morgan fingerprint density at radius 1 is 1.36 bits per heavy atom. The molecule has 22 heavy (non-hydrogen) atoms. The first kappa shape index (κ1) is 13.5. The van der Waals surface area contributed by atoms with Gasteiger partial charge in [-0.2, -0.15) is 0 Å². The number of H-pyrrole nitrogens is 1. The van der Waals surface area contributed by atoms with Crippen molar-refractivity contribution in [3.05, 3.63) is 35.9 Å². The first-order valence-corrected chi connectivity index (χ1v) is 7.78. The van der Waals surface area contributed by atoms with Crippen LogP contribution in [0.5, 0.6) is 0 Å². The lowest BCUT2D eigenvalue weighted by molar-refractivity contribution is 0.0615. The van der Waals surface area contributed by atoms with E-state index in [1.165, 1.54) is 12.8 Å². The molecular formula is C15H20N6O. The molecule has 2 fully saturated rings. The third-order valence-corrected chi connectivity index (χ3v) is 4.45. The molecule has 116 valence electrons. The zero-order chi connectivity index (χ0) is 15.1. The number of hydrogen-bond acceptors (Lipinski definition) is 4. The molecule has 2 N–H and O–H groups in total. The summed E-state index contributed by atoms with van der Waals surface area (Å²) in [5, 5.41) is 3.35. The van der Waals surface area contributed by atoms with Crippen LogP contribution in [0.2, 0.25) is 0 Å². The minimum Gasteiger partial charge on any atom is -0.338 e. The van der Waals surface area contributed by atoms with E-state index in [2.05, 4.69) is 20.3 Å². The highest BCUT2D eigenvalue weighted by atomic mass is 16.2. The van der Waals surface area contributed by atoms with Crippen LogP contribution in [0.3, 0.4) is 0 Å². The zero-order valence-electron chi connectivity index (χ0n) is 12.6. The maximum absolute atomic E-state index is 12.9. The molecule has 2 aromatic rings. The molecule has 4 rings (SSSR count). The minimum atomic E-state index is -0.0473. The van der Waals surface area contributed by atoms with Crippen LogP contribution in [0, 0.1) is 0 Å². The van der Waals surface area contributed by atoms with E-state index < -0.39 is 0 Å². The van der Waals surface area contributed by atoms with E-state index in [1.807, 2.05) is 22.7 Å². The van der Waals surface area contributed by atoms with Gasteiger partial charge < -0.3 is 19.8 Å². The first-order valence-electron chi connectivity index (χ1n) is 7.78. The Hall–Kier alpha value is -2.15. The number of nitrogens with one attached hydrogen (secondary N) is 2. The van der Waals surface area contributed by atoms with Crippen molar-refractivity contribution in [3.8, 4) is 0 Å². The number of piperazine rings is 1. The molecule has 0 aromatic carbocycles. The van der Waals surface area contributed by atoms with E-state index in [1.54, 1.807) is 12.4 Å². The van der Waals surface area contributed by atoms with Gasteiger partial charge in [-0.3, -0.25) is 4.79 Å². The van der Waals surface area contributed by atoms with Crippen LogP contribution in [-0.2, 0) is 7.05 Å². The number of amides is 1. The van der Waals surface area contributed by atoms with Crippen LogP contribution in [-0.4, -0.2) is 50.0 Å². The van der Waals surface area contributed by atoms with Crippen molar-refractivity contribution in [2.75, 3.05) is 19.6 Å². The molecule has 0 spiro atoms. The molecule has 1 saturated carbocycles. The highest BCUT2D eigenvalue weighted by Crippen LogP contribution is 2.38. The zero-order valence-corrected chi connectivity index (χ0v) is 12.6. The predicted octanol–water partition coefficient (Wildman–Crippen LogP) is 0.807. The maximum Gasteiger partial charge on any atom is 0.272 e. The normalized spacial score (nSPS) is 22.0. The van der Waals surface area contributed by atoms with Gasteiger partial charge in [0, 0.05) is 45.0 Å². The summed E-state index contributed by atoms with van der Waals surface area (Å²) in [5.41, 5.74) is 0.586. The van der Waals surface area contributed by atoms with Crippen molar-refractivity contribution < 1.29 is 4.79 Å². The number of carbonyl (C=O) groups is 1. The molecule has 1 atom stereocenters. The van der Waals surface area contributed by atoms with Crippen LogP contribution < -0.4 is 5.32 Å². The van der Waals surface area contributed by atoms with E-state index in [4.69, 9.17) is 0 Å². The third kappa shape index (κ3) is 2.31. The van der Waals surface area contributed by atoms with Crippen LogP contribution in [0.4, 0.5) is 0 Å². The van der Waals surface area contributed by atoms with Crippen molar-refractivity contribution in [1.82, 2.24) is 29.7 Å². The van der Waals surface area contributed by atoms with E-state index >= 15 is 0 Å². The molecular weight excluding hydrogens is 280 g/mol. The largest absolute Gasteiger partial charge is 0.338 e. The molecule has 0 bridgehead atoms. The van der Waals surface area contributed by atoms with E-state index in [9.17, 15) is 4.79 Å². The second-order valence-corrected chi connectivity index (χ2v) is 6.07. The Morgan fingerprint density at radius 2 is 2.23 bits per heavy atom. The second kappa shape index (κ2) is 5.24. The monoisotopic (exact) mass is 300 g/mol. The van der Waals surface area contributed by atoms with Crippen LogP contribution >= 0.6 is 0 Å². The molecule has 1 unspecified atom stereocenters. The standard InChI is InChI=1S/C15H20N6O/c1-20-6-5-17-14(20)12-9-16-4-7-21(12)15(22)11-8-18-13(19-11)10-2-3-10/h5-6,8,10,12,16H,2-4,7,9H2,1H3,(H,18,19). The van der Waals surface area contributed by atoms with Crippen LogP contribution in [0.1, 0.15) is 46.9 Å². The molecule has 2 aromatic heterocycles. The van der Waals surface area contributed by atoms with Crippen molar-refractivity contribution >= 4 is 5.91 Å². The van der Waals surface area contributed by atoms with Gasteiger partial charge in [0.15, 0.2) is 0 Å². The van der Waals surface area contributed by atoms with Gasteiger partial charge >= 0.3 is 0 Å². The molecule has 1 saturated heterocycles. The Labute approximate surface area is 128 Å². The highest BCUT2D eigenvalue weighted by Gasteiger charge is 2.33. The molecule has 2 aliphatic rings. The molecule has 1 aliphatic heterocycles. The third-order valence-electron chi connectivity index (χ3n) is 4.45. The Bertz CT molecular complexity index is 686. The summed E-state index contributed by atoms with van der Waals surface area (Å²) in [4.78, 5) is 26.7. The van der Waals surface area contributed by atoms with Gasteiger partial charge in [0.25, 0.3) is 5.91 Å². The fraction of sp³-hybridized carbons (Fsp3) is 0.533. The summed E-state index contributed by atoms with van der Waals surface area (Å²) in [7, 11) is 1.96. The van der Waals surface area contributed by atoms with Gasteiger partial charge in [-0.1, -0.05) is 0 Å². The predicted molar refractivity (Wildman–Crippen MR) is 80.4 cm³/mol. The van der Waals surface area contributed by atoms with Gasteiger partial charge in [0.1, 0.15) is 23.4 Å². The topological polar surface area (TPSA) is 78.8 Å². The Morgan fingerprint density at radius 3 is 2.95 bits per heavy atom. The molecule has 0 radical (unpaired) electrons. The smallest absolute Gasteiger partial charge is 0.272 e. The summed E-state index contributed by atoms with van der Waals surface area (Å²) in [5.74, 6) is 2.39. The van der Waals surface area contributed by atoms with Crippen LogP contribution in [0.15, 0.2) is 18.6 Å². The lowest BCUT2D eigenvalue weighted by Crippen LogP contribution is -2.49. The summed E-state index contributed by atoms with van der Waals surface area (Å²) in [6, 6.07) is -0.0473. The van der Waals surface area contributed by atoms with Gasteiger partial charge in [-0.05, 0) is 12.8 Å². The minimum absolute atomic E-state index is 0.00824. The van der Waals surface area contributed by atoms with Crippen molar-refractivity contribution in [1.29, 1.82) is 0 Å². The molecule has 1 aliphatic carbocycles. The fourth-order valence-corrected chi connectivity index (χ4v) is 3.04. The molecule has 3 heterocycles. The fourth-order valence-electron chi connectivity index (χ4n) is 3.04. The molecule has 1 amide bonds. The second-order valence-electron chi connectivity index (χ2n) is 6.07. The average molecular weight is 300 g/mol. The average Bonchev–Trinajstić information content (AvgIpc) is 3.11. The summed E-state index contributed by atoms with van der Waals surface area (Å²) < 4.78 is 1.97. The molecule has 7 nitrogen and oxygen atoms in total. The van der Waals surface area contributed by atoms with Gasteiger partial charge in [0.05, 0.1) is 6.20 Å². The van der Waals surface area contributed by atoms with E-state index in [0.29, 0.717) is 18.2 Å². The van der Waals surface area contributed by atoms with Crippen molar-refractivity contribution in [2.45, 2.75) is 24.8 Å². The van der Waals surface area contributed by atoms with E-state index in [-0.39, 0.29) is 11.9 Å². The first-order chi connectivity index (χ1) is 10.7. The number of rotatable bonds is 3. The van der Waals surface area contributed by atoms with Gasteiger partial charge in [0.2, 0.25) is 0 Å². The highest BCUT2D eigenvalue weighted by molar-refractivity contribution is 5.92. The van der Waals surface area contributed by atoms with Crippen molar-refractivity contribution in [2.24, 2.45) is 7.05 Å². The number of aryl methyl sites for hydroxylation is 1. The SMILES string of the molecule is Cn1ccnc1C1CNCCN1C(=O)c1cnc(C2CC2)[nH]1. The quantitative estimate of drug-likeness (QED) is 0.879. The van der Waals surface area contributed by atoms with Crippen molar-refractivity contribution in [3.63, 3.8) is 0 Å². The lowest BCUT2D eigenvalue weighted by atomic mass is 10.1. The van der Waals surface area contributed by atoms with Crippen LogP contribution in [0.25, 0.3) is 0 Å². The number of aromatic amines is 1. The Kier molecular flexibility index (Phi) is 3.22.